The van der Waals surface area contributed by atoms with Crippen LogP contribution in [0.1, 0.15) is 55.3 Å². The number of pyridine rings is 1. The minimum absolute atomic E-state index is 0.0360. The summed E-state index contributed by atoms with van der Waals surface area (Å²) in [6.07, 6.45) is -9.25. The summed E-state index contributed by atoms with van der Waals surface area (Å²) in [6.45, 7) is 2.12. The molecule has 0 spiro atoms. The minimum Gasteiger partial charge on any atom is -0.444 e. The number of fused-ring (bicyclic) bond motifs is 3. The van der Waals surface area contributed by atoms with E-state index in [0.717, 1.165) is 48.4 Å². The standard InChI is InChI=1S/C25H33F3N4O7/c1-12(33)37-23-19(35)18(34)20(36)24(39-23)38-22-15-6-4-3-5-14(15)16-17(30-31(2)21(16)29-22)13-7-9-32(11-13)10-8-25(26,27)28/h13,18-20,23-24,34-36H,3-11H2,1-2H3/t13?,18-,19+,20-,23-,24+/m1/s1. The number of likely N-dealkylation sites (tertiary alicyclic amines) is 1. The third-order valence-electron chi connectivity index (χ3n) is 7.69. The van der Waals surface area contributed by atoms with Gasteiger partial charge in [-0.3, -0.25) is 14.2 Å². The topological polar surface area (TPSA) is 139 Å². The van der Waals surface area contributed by atoms with Gasteiger partial charge >= 0.3 is 12.1 Å². The molecule has 14 heteroatoms. The van der Waals surface area contributed by atoms with E-state index < -0.39 is 49.5 Å². The molecule has 2 aliphatic heterocycles. The second kappa shape index (κ2) is 10.8. The number of rotatable bonds is 6. The number of aliphatic hydroxyl groups is 3. The Kier molecular flexibility index (Phi) is 7.76. The third-order valence-corrected chi connectivity index (χ3v) is 7.69. The number of hydrogen-bond acceptors (Lipinski definition) is 10. The van der Waals surface area contributed by atoms with Crippen molar-refractivity contribution in [2.75, 3.05) is 19.6 Å². The number of aromatic nitrogens is 3. The molecule has 2 fully saturated rings. The van der Waals surface area contributed by atoms with Gasteiger partial charge in [-0.2, -0.15) is 23.3 Å². The van der Waals surface area contributed by atoms with Crippen LogP contribution < -0.4 is 4.74 Å². The summed E-state index contributed by atoms with van der Waals surface area (Å²) >= 11 is 0. The summed E-state index contributed by atoms with van der Waals surface area (Å²) in [5.74, 6) is -0.602. The quantitative estimate of drug-likeness (QED) is 0.445. The molecule has 216 valence electrons. The van der Waals surface area contributed by atoms with Gasteiger partial charge in [0.15, 0.2) is 5.65 Å². The highest BCUT2D eigenvalue weighted by Gasteiger charge is 2.47. The SMILES string of the molecule is CC(=O)O[C@@H]1O[C@H](Oc2nc3c(c(C4CCN(CCC(F)(F)F)C4)nn3C)c3c2CCCC3)[C@H](O)[C@H](O)[C@@H]1O. The van der Waals surface area contributed by atoms with Crippen molar-refractivity contribution in [3.05, 3.63) is 16.8 Å². The third kappa shape index (κ3) is 5.71. The first kappa shape index (κ1) is 28.0. The van der Waals surface area contributed by atoms with Crippen LogP contribution >= 0.6 is 0 Å². The molecule has 3 aliphatic rings. The smallest absolute Gasteiger partial charge is 0.390 e. The fourth-order valence-electron chi connectivity index (χ4n) is 5.75. The summed E-state index contributed by atoms with van der Waals surface area (Å²) < 4.78 is 56.2. The molecule has 2 aromatic heterocycles. The molecule has 0 amide bonds. The molecular weight excluding hydrogens is 525 g/mol. The molecule has 0 bridgehead atoms. The molecule has 3 N–H and O–H groups in total. The lowest BCUT2D eigenvalue weighted by Crippen LogP contribution is -2.60. The lowest BCUT2D eigenvalue weighted by atomic mass is 9.88. The first-order valence-corrected chi connectivity index (χ1v) is 13.1. The Morgan fingerprint density at radius 1 is 1.10 bits per heavy atom. The van der Waals surface area contributed by atoms with E-state index in [1.165, 1.54) is 0 Å². The zero-order chi connectivity index (χ0) is 28.1. The molecule has 0 radical (unpaired) electrons. The zero-order valence-corrected chi connectivity index (χ0v) is 21.7. The van der Waals surface area contributed by atoms with E-state index in [4.69, 9.17) is 24.3 Å². The fourth-order valence-corrected chi connectivity index (χ4v) is 5.75. The number of carbonyl (C=O) groups is 1. The first-order valence-electron chi connectivity index (χ1n) is 13.1. The van der Waals surface area contributed by atoms with Gasteiger partial charge in [0.2, 0.25) is 18.5 Å². The van der Waals surface area contributed by atoms with Crippen LogP contribution in [0.2, 0.25) is 0 Å². The number of alkyl halides is 3. The van der Waals surface area contributed by atoms with Crippen molar-refractivity contribution in [1.29, 1.82) is 0 Å². The second-order valence-corrected chi connectivity index (χ2v) is 10.5. The molecule has 39 heavy (non-hydrogen) atoms. The largest absolute Gasteiger partial charge is 0.444 e. The summed E-state index contributed by atoms with van der Waals surface area (Å²) in [4.78, 5) is 17.9. The van der Waals surface area contributed by atoms with Crippen LogP contribution in [0.15, 0.2) is 0 Å². The highest BCUT2D eigenvalue weighted by molar-refractivity contribution is 5.85. The van der Waals surface area contributed by atoms with Crippen LogP contribution in [-0.2, 0) is 34.2 Å². The van der Waals surface area contributed by atoms with Crippen molar-refractivity contribution in [3.63, 3.8) is 0 Å². The molecule has 6 atom stereocenters. The first-order chi connectivity index (χ1) is 18.4. The van der Waals surface area contributed by atoms with Gasteiger partial charge in [0, 0.05) is 43.9 Å². The fraction of sp³-hybridized carbons (Fsp3) is 0.720. The van der Waals surface area contributed by atoms with E-state index in [1.807, 2.05) is 4.90 Å². The van der Waals surface area contributed by atoms with E-state index in [2.05, 4.69) is 0 Å². The van der Waals surface area contributed by atoms with Crippen LogP contribution in [0.3, 0.4) is 0 Å². The van der Waals surface area contributed by atoms with E-state index in [9.17, 15) is 33.3 Å². The molecule has 0 saturated carbocycles. The normalized spacial score (nSPS) is 29.9. The molecular formula is C25H33F3N4O7. The molecule has 0 aromatic carbocycles. The predicted octanol–water partition coefficient (Wildman–Crippen LogP) is 1.30. The maximum atomic E-state index is 12.7. The lowest BCUT2D eigenvalue weighted by molar-refractivity contribution is -0.324. The number of nitrogens with zero attached hydrogens (tertiary/aromatic N) is 4. The average molecular weight is 559 g/mol. The Balaban J connectivity index is 1.45. The molecule has 2 aromatic rings. The minimum atomic E-state index is -4.20. The number of hydrogen-bond donors (Lipinski definition) is 3. The zero-order valence-electron chi connectivity index (χ0n) is 21.7. The Hall–Kier alpha value is -2.52. The number of ether oxygens (including phenoxy) is 3. The van der Waals surface area contributed by atoms with Gasteiger partial charge in [0.1, 0.15) is 18.3 Å². The second-order valence-electron chi connectivity index (χ2n) is 10.5. The molecule has 2 saturated heterocycles. The van der Waals surface area contributed by atoms with Crippen LogP contribution in [0.25, 0.3) is 11.0 Å². The Morgan fingerprint density at radius 3 is 2.49 bits per heavy atom. The molecule has 5 rings (SSSR count). The maximum Gasteiger partial charge on any atom is 0.390 e. The van der Waals surface area contributed by atoms with Crippen LogP contribution in [0.4, 0.5) is 13.2 Å². The van der Waals surface area contributed by atoms with Gasteiger partial charge in [-0.1, -0.05) is 0 Å². The van der Waals surface area contributed by atoms with Crippen LogP contribution in [0, 0.1) is 0 Å². The van der Waals surface area contributed by atoms with Gasteiger partial charge in [0.25, 0.3) is 0 Å². The molecule has 4 heterocycles. The van der Waals surface area contributed by atoms with Gasteiger partial charge < -0.3 is 29.7 Å². The van der Waals surface area contributed by atoms with Crippen molar-refractivity contribution in [3.8, 4) is 5.88 Å². The van der Waals surface area contributed by atoms with E-state index in [1.54, 1.807) is 11.7 Å². The van der Waals surface area contributed by atoms with Crippen molar-refractivity contribution in [2.45, 2.75) is 88.4 Å². The summed E-state index contributed by atoms with van der Waals surface area (Å²) in [6, 6.07) is 0. The number of esters is 1. The highest BCUT2D eigenvalue weighted by atomic mass is 19.4. The Labute approximate surface area is 222 Å². The molecule has 1 unspecified atom stereocenters. The van der Waals surface area contributed by atoms with Crippen molar-refractivity contribution < 1.29 is 47.5 Å². The number of aliphatic hydroxyl groups excluding tert-OH is 3. The predicted molar refractivity (Wildman–Crippen MR) is 129 cm³/mol. The Bertz CT molecular complexity index is 1220. The monoisotopic (exact) mass is 558 g/mol. The summed E-state index contributed by atoms with van der Waals surface area (Å²) in [5.41, 5.74) is 3.12. The lowest BCUT2D eigenvalue weighted by Gasteiger charge is -2.39. The van der Waals surface area contributed by atoms with Gasteiger partial charge in [-0.15, -0.1) is 0 Å². The van der Waals surface area contributed by atoms with Crippen LogP contribution in [0.5, 0.6) is 5.88 Å². The number of carbonyl (C=O) groups excluding carboxylic acids is 1. The van der Waals surface area contributed by atoms with Gasteiger partial charge in [-0.05, 0) is 44.2 Å². The number of halogens is 3. The Morgan fingerprint density at radius 2 is 1.79 bits per heavy atom. The van der Waals surface area contributed by atoms with E-state index >= 15 is 0 Å². The van der Waals surface area contributed by atoms with Gasteiger partial charge in [-0.25, -0.2) is 0 Å². The van der Waals surface area contributed by atoms with E-state index in [-0.39, 0.29) is 18.3 Å². The number of aryl methyl sites for hydroxylation is 2. The van der Waals surface area contributed by atoms with Crippen LogP contribution in [-0.4, -0.2) is 97.7 Å². The van der Waals surface area contributed by atoms with E-state index in [0.29, 0.717) is 31.6 Å². The summed E-state index contributed by atoms with van der Waals surface area (Å²) in [5, 5.41) is 36.6. The highest BCUT2D eigenvalue weighted by Crippen LogP contribution is 2.40. The maximum absolute atomic E-state index is 12.7. The molecule has 11 nitrogen and oxygen atoms in total. The molecule has 1 aliphatic carbocycles. The van der Waals surface area contributed by atoms with Crippen molar-refractivity contribution in [1.82, 2.24) is 19.7 Å². The summed E-state index contributed by atoms with van der Waals surface area (Å²) in [7, 11) is 1.73. The van der Waals surface area contributed by atoms with Crippen molar-refractivity contribution in [2.24, 2.45) is 7.05 Å². The average Bonchev–Trinajstić information content (AvgIpc) is 3.48. The van der Waals surface area contributed by atoms with Gasteiger partial charge in [0.05, 0.1) is 12.1 Å². The van der Waals surface area contributed by atoms with Crippen molar-refractivity contribution >= 4 is 17.0 Å².